The smallest absolute Gasteiger partial charge is 0.276 e. The first kappa shape index (κ1) is 14.6. The number of nitrogens with one attached hydrogen (secondary N) is 3. The SMILES string of the molecule is Cc1ccc(NC(=O)c2n[nH]c3c2CNCC3)cc1.Cl. The summed E-state index contributed by atoms with van der Waals surface area (Å²) in [7, 11) is 0. The van der Waals surface area contributed by atoms with E-state index in [2.05, 4.69) is 20.8 Å². The quantitative estimate of drug-likeness (QED) is 0.793. The van der Waals surface area contributed by atoms with Crippen molar-refractivity contribution >= 4 is 24.0 Å². The molecule has 0 saturated heterocycles. The van der Waals surface area contributed by atoms with Gasteiger partial charge in [0, 0.05) is 36.5 Å². The summed E-state index contributed by atoms with van der Waals surface area (Å²) in [6, 6.07) is 7.73. The predicted octanol–water partition coefficient (Wildman–Crippen LogP) is 2.04. The van der Waals surface area contributed by atoms with E-state index in [-0.39, 0.29) is 18.3 Å². The van der Waals surface area contributed by atoms with E-state index in [4.69, 9.17) is 0 Å². The van der Waals surface area contributed by atoms with Gasteiger partial charge >= 0.3 is 0 Å². The van der Waals surface area contributed by atoms with Crippen molar-refractivity contribution in [3.63, 3.8) is 0 Å². The molecule has 0 fully saturated rings. The van der Waals surface area contributed by atoms with Gasteiger partial charge in [0.15, 0.2) is 5.69 Å². The maximum absolute atomic E-state index is 12.2. The van der Waals surface area contributed by atoms with Crippen LogP contribution in [0.15, 0.2) is 24.3 Å². The third-order valence-corrected chi connectivity index (χ3v) is 3.33. The van der Waals surface area contributed by atoms with E-state index in [1.165, 1.54) is 5.56 Å². The van der Waals surface area contributed by atoms with Crippen molar-refractivity contribution in [3.05, 3.63) is 46.8 Å². The Kier molecular flexibility index (Phi) is 4.42. The summed E-state index contributed by atoms with van der Waals surface area (Å²) in [4.78, 5) is 12.2. The lowest BCUT2D eigenvalue weighted by Gasteiger charge is -2.12. The number of fused-ring (bicyclic) bond motifs is 1. The third-order valence-electron chi connectivity index (χ3n) is 3.33. The van der Waals surface area contributed by atoms with Gasteiger partial charge in [-0.25, -0.2) is 0 Å². The van der Waals surface area contributed by atoms with Crippen LogP contribution in [0.25, 0.3) is 0 Å². The Hall–Kier alpha value is -1.85. The largest absolute Gasteiger partial charge is 0.321 e. The molecule has 1 amide bonds. The summed E-state index contributed by atoms with van der Waals surface area (Å²) in [5.74, 6) is -0.162. The standard InChI is InChI=1S/C14H16N4O.ClH/c1-9-2-4-10(5-3-9)16-14(19)13-11-8-15-7-6-12(11)17-18-13;/h2-5,15H,6-8H2,1H3,(H,16,19)(H,17,18);1H. The zero-order valence-electron chi connectivity index (χ0n) is 11.2. The first-order valence-electron chi connectivity index (χ1n) is 6.39. The Balaban J connectivity index is 0.00000147. The molecule has 0 bridgehead atoms. The number of aryl methyl sites for hydroxylation is 1. The van der Waals surface area contributed by atoms with E-state index in [9.17, 15) is 4.79 Å². The first-order valence-corrected chi connectivity index (χ1v) is 6.39. The van der Waals surface area contributed by atoms with Crippen LogP contribution < -0.4 is 10.6 Å². The number of carbonyl (C=O) groups is 1. The molecule has 2 aromatic rings. The van der Waals surface area contributed by atoms with Crippen LogP contribution in [0.1, 0.15) is 27.3 Å². The molecule has 20 heavy (non-hydrogen) atoms. The molecule has 106 valence electrons. The summed E-state index contributed by atoms with van der Waals surface area (Å²) >= 11 is 0. The van der Waals surface area contributed by atoms with Gasteiger partial charge in [0.1, 0.15) is 0 Å². The van der Waals surface area contributed by atoms with Crippen LogP contribution in [0.4, 0.5) is 5.69 Å². The lowest BCUT2D eigenvalue weighted by Crippen LogP contribution is -2.25. The molecule has 3 N–H and O–H groups in total. The minimum atomic E-state index is -0.162. The van der Waals surface area contributed by atoms with Crippen LogP contribution in [0, 0.1) is 6.92 Å². The molecule has 0 radical (unpaired) electrons. The molecular formula is C14H17ClN4O. The Labute approximate surface area is 123 Å². The molecule has 1 aromatic carbocycles. The van der Waals surface area contributed by atoms with Crippen molar-refractivity contribution in [3.8, 4) is 0 Å². The van der Waals surface area contributed by atoms with Crippen molar-refractivity contribution < 1.29 is 4.79 Å². The lowest BCUT2D eigenvalue weighted by atomic mass is 10.1. The maximum atomic E-state index is 12.2. The first-order chi connectivity index (χ1) is 9.24. The van der Waals surface area contributed by atoms with Gasteiger partial charge < -0.3 is 10.6 Å². The molecule has 5 nitrogen and oxygen atoms in total. The van der Waals surface area contributed by atoms with Crippen molar-refractivity contribution in [2.75, 3.05) is 11.9 Å². The summed E-state index contributed by atoms with van der Waals surface area (Å²) < 4.78 is 0. The minimum absolute atomic E-state index is 0. The fourth-order valence-electron chi connectivity index (χ4n) is 2.24. The lowest BCUT2D eigenvalue weighted by molar-refractivity contribution is 0.102. The second-order valence-corrected chi connectivity index (χ2v) is 4.78. The van der Waals surface area contributed by atoms with Crippen molar-refractivity contribution in [1.29, 1.82) is 0 Å². The average molecular weight is 293 g/mol. The Morgan fingerprint density at radius 2 is 2.05 bits per heavy atom. The number of H-pyrrole nitrogens is 1. The highest BCUT2D eigenvalue weighted by molar-refractivity contribution is 6.04. The molecule has 2 heterocycles. The number of carbonyl (C=O) groups excluding carboxylic acids is 1. The number of anilines is 1. The molecule has 0 atom stereocenters. The Bertz CT molecular complexity index is 606. The number of halogens is 1. The summed E-state index contributed by atoms with van der Waals surface area (Å²) in [6.07, 6.45) is 0.889. The highest BCUT2D eigenvalue weighted by Crippen LogP contribution is 2.17. The molecule has 0 spiro atoms. The van der Waals surface area contributed by atoms with E-state index in [0.29, 0.717) is 12.2 Å². The van der Waals surface area contributed by atoms with Gasteiger partial charge in [0.25, 0.3) is 5.91 Å². The van der Waals surface area contributed by atoms with Gasteiger partial charge in [-0.2, -0.15) is 5.10 Å². The zero-order chi connectivity index (χ0) is 13.2. The molecule has 3 rings (SSSR count). The normalized spacial score (nSPS) is 13.2. The molecule has 1 aliphatic rings. The Morgan fingerprint density at radius 3 is 2.80 bits per heavy atom. The van der Waals surface area contributed by atoms with Crippen LogP contribution >= 0.6 is 12.4 Å². The average Bonchev–Trinajstić information content (AvgIpc) is 2.85. The highest BCUT2D eigenvalue weighted by atomic mass is 35.5. The number of aromatic amines is 1. The minimum Gasteiger partial charge on any atom is -0.321 e. The molecule has 6 heteroatoms. The van der Waals surface area contributed by atoms with Crippen LogP contribution in [0.3, 0.4) is 0 Å². The van der Waals surface area contributed by atoms with Gasteiger partial charge in [-0.3, -0.25) is 9.89 Å². The number of hydrogen-bond donors (Lipinski definition) is 3. The monoisotopic (exact) mass is 292 g/mol. The van der Waals surface area contributed by atoms with E-state index in [1.54, 1.807) is 0 Å². The van der Waals surface area contributed by atoms with Crippen LogP contribution in [-0.2, 0) is 13.0 Å². The van der Waals surface area contributed by atoms with Crippen LogP contribution in [-0.4, -0.2) is 22.6 Å². The molecule has 1 aromatic heterocycles. The zero-order valence-corrected chi connectivity index (χ0v) is 12.0. The molecule has 0 unspecified atom stereocenters. The van der Waals surface area contributed by atoms with Gasteiger partial charge in [0.2, 0.25) is 0 Å². The molecule has 0 aliphatic carbocycles. The van der Waals surface area contributed by atoms with Crippen molar-refractivity contribution in [2.24, 2.45) is 0 Å². The number of benzene rings is 1. The summed E-state index contributed by atoms with van der Waals surface area (Å²) in [6.45, 7) is 3.64. The number of aromatic nitrogens is 2. The van der Waals surface area contributed by atoms with Gasteiger partial charge in [-0.1, -0.05) is 17.7 Å². The topological polar surface area (TPSA) is 69.8 Å². The van der Waals surface area contributed by atoms with Crippen LogP contribution in [0.2, 0.25) is 0 Å². The second kappa shape index (κ2) is 6.07. The molecule has 1 aliphatic heterocycles. The second-order valence-electron chi connectivity index (χ2n) is 4.78. The van der Waals surface area contributed by atoms with E-state index in [0.717, 1.165) is 29.9 Å². The van der Waals surface area contributed by atoms with E-state index < -0.39 is 0 Å². The third kappa shape index (κ3) is 2.84. The van der Waals surface area contributed by atoms with Crippen molar-refractivity contribution in [1.82, 2.24) is 15.5 Å². The number of rotatable bonds is 2. The van der Waals surface area contributed by atoms with Gasteiger partial charge in [0.05, 0.1) is 0 Å². The Morgan fingerprint density at radius 1 is 1.30 bits per heavy atom. The molecule has 0 saturated carbocycles. The molecular weight excluding hydrogens is 276 g/mol. The number of nitrogens with zero attached hydrogens (tertiary/aromatic N) is 1. The maximum Gasteiger partial charge on any atom is 0.276 e. The predicted molar refractivity (Wildman–Crippen MR) is 80.4 cm³/mol. The fraction of sp³-hybridized carbons (Fsp3) is 0.286. The van der Waals surface area contributed by atoms with Gasteiger partial charge in [-0.15, -0.1) is 12.4 Å². The summed E-state index contributed by atoms with van der Waals surface area (Å²) in [5.41, 5.74) is 4.49. The highest BCUT2D eigenvalue weighted by Gasteiger charge is 2.21. The number of hydrogen-bond acceptors (Lipinski definition) is 3. The van der Waals surface area contributed by atoms with E-state index >= 15 is 0 Å². The summed E-state index contributed by atoms with van der Waals surface area (Å²) in [5, 5.41) is 13.2. The van der Waals surface area contributed by atoms with E-state index in [1.807, 2.05) is 31.2 Å². The number of amides is 1. The van der Waals surface area contributed by atoms with Gasteiger partial charge in [-0.05, 0) is 19.1 Å². The van der Waals surface area contributed by atoms with Crippen LogP contribution in [0.5, 0.6) is 0 Å². The fourth-order valence-corrected chi connectivity index (χ4v) is 2.24. The van der Waals surface area contributed by atoms with Crippen molar-refractivity contribution in [2.45, 2.75) is 19.9 Å².